The molecule has 2 aromatic carbocycles. The van der Waals surface area contributed by atoms with Crippen LogP contribution in [0.2, 0.25) is 0 Å². The molecule has 4 N–H and O–H groups in total. The number of H-pyrrole nitrogens is 1. The van der Waals surface area contributed by atoms with Gasteiger partial charge in [-0.1, -0.05) is 60.7 Å². The molecule has 0 bridgehead atoms. The van der Waals surface area contributed by atoms with E-state index in [0.29, 0.717) is 0 Å². The fourth-order valence-corrected chi connectivity index (χ4v) is 4.39. The third kappa shape index (κ3) is 5.02. The lowest BCUT2D eigenvalue weighted by atomic mass is 9.99. The van der Waals surface area contributed by atoms with Gasteiger partial charge >= 0.3 is 5.69 Å². The number of nitrogen functional groups attached to an aromatic ring is 1. The van der Waals surface area contributed by atoms with Gasteiger partial charge in [0.2, 0.25) is 0 Å². The molecule has 34 heavy (non-hydrogen) atoms. The first-order valence-corrected chi connectivity index (χ1v) is 11.5. The van der Waals surface area contributed by atoms with Crippen LogP contribution in [0.4, 0.5) is 11.5 Å². The number of aromatic amines is 1. The Morgan fingerprint density at radius 3 is 2.38 bits per heavy atom. The van der Waals surface area contributed by atoms with Gasteiger partial charge in [0.1, 0.15) is 5.82 Å². The maximum absolute atomic E-state index is 13.2. The first-order chi connectivity index (χ1) is 16.5. The number of nitrogens with one attached hydrogen (secondary N) is 2. The van der Waals surface area contributed by atoms with E-state index in [1.165, 1.54) is 20.6 Å². The maximum atomic E-state index is 13.2. The van der Waals surface area contributed by atoms with Gasteiger partial charge in [-0.2, -0.15) is 0 Å². The van der Waals surface area contributed by atoms with Crippen molar-refractivity contribution in [1.82, 2.24) is 9.55 Å². The van der Waals surface area contributed by atoms with Crippen molar-refractivity contribution >= 4 is 23.0 Å². The van der Waals surface area contributed by atoms with Gasteiger partial charge in [-0.25, -0.2) is 4.79 Å². The first kappa shape index (κ1) is 23.3. The molecule has 0 radical (unpaired) electrons. The summed E-state index contributed by atoms with van der Waals surface area (Å²) in [5.74, 6) is -0.205. The first-order valence-electron chi connectivity index (χ1n) is 11.5. The monoisotopic (exact) mass is 460 g/mol. The van der Waals surface area contributed by atoms with E-state index in [9.17, 15) is 14.4 Å². The van der Waals surface area contributed by atoms with E-state index in [-0.39, 0.29) is 37.0 Å². The van der Waals surface area contributed by atoms with Crippen LogP contribution < -0.4 is 26.8 Å². The number of carbonyl (C=O) groups is 1. The van der Waals surface area contributed by atoms with Crippen molar-refractivity contribution in [2.24, 2.45) is 0 Å². The molecule has 1 aromatic heterocycles. The van der Waals surface area contributed by atoms with Crippen molar-refractivity contribution in [3.63, 3.8) is 0 Å². The number of nitrogens with two attached hydrogens (primary N) is 1. The Morgan fingerprint density at radius 2 is 1.76 bits per heavy atom. The molecule has 2 heterocycles. The van der Waals surface area contributed by atoms with Crippen LogP contribution in [0.1, 0.15) is 24.5 Å². The molecule has 8 heteroatoms. The number of carbonyl (C=O) groups excluding carboxylic acids is 1. The fourth-order valence-electron chi connectivity index (χ4n) is 4.39. The van der Waals surface area contributed by atoms with Gasteiger partial charge < -0.3 is 10.6 Å². The van der Waals surface area contributed by atoms with E-state index < -0.39 is 11.2 Å². The van der Waals surface area contributed by atoms with E-state index in [0.717, 1.165) is 30.0 Å². The van der Waals surface area contributed by atoms with E-state index in [4.69, 9.17) is 5.73 Å². The lowest BCUT2D eigenvalue weighted by Gasteiger charge is -2.27. The average Bonchev–Trinajstić information content (AvgIpc) is 2.86. The molecule has 0 spiro atoms. The summed E-state index contributed by atoms with van der Waals surface area (Å²) in [6, 6.07) is 19.6. The molecule has 4 rings (SSSR count). The minimum Gasteiger partial charge on any atom is -0.383 e. The van der Waals surface area contributed by atoms with Gasteiger partial charge in [-0.15, -0.1) is 0 Å². The van der Waals surface area contributed by atoms with Gasteiger partial charge in [-0.3, -0.25) is 24.0 Å². The molecule has 0 saturated heterocycles. The van der Waals surface area contributed by atoms with Crippen LogP contribution in [0.5, 0.6) is 0 Å². The molecule has 1 unspecified atom stereocenters. The average molecular weight is 461 g/mol. The van der Waals surface area contributed by atoms with E-state index in [2.05, 4.69) is 23.2 Å². The highest BCUT2D eigenvalue weighted by Crippen LogP contribution is 2.19. The molecular formula is C26H30N5O3+. The summed E-state index contributed by atoms with van der Waals surface area (Å²) in [5, 5.41) is 0. The van der Waals surface area contributed by atoms with E-state index in [1.54, 1.807) is 6.92 Å². The third-order valence-electron chi connectivity index (χ3n) is 6.22. The van der Waals surface area contributed by atoms with E-state index >= 15 is 0 Å². The Labute approximate surface area is 197 Å². The van der Waals surface area contributed by atoms with Crippen molar-refractivity contribution in [2.75, 3.05) is 36.8 Å². The Kier molecular flexibility index (Phi) is 7.08. The number of hydrogen-bond donors (Lipinski definition) is 3. The molecule has 1 aliphatic rings. The van der Waals surface area contributed by atoms with Crippen LogP contribution in [0.25, 0.3) is 5.57 Å². The topological polar surface area (TPSA) is 106 Å². The molecule has 0 fully saturated rings. The molecule has 0 aliphatic carbocycles. The summed E-state index contributed by atoms with van der Waals surface area (Å²) in [5.41, 5.74) is 8.44. The highest BCUT2D eigenvalue weighted by molar-refractivity contribution is 5.96. The number of aromatic nitrogens is 2. The van der Waals surface area contributed by atoms with Crippen LogP contribution >= 0.6 is 0 Å². The molecular weight excluding hydrogens is 430 g/mol. The quantitative estimate of drug-likeness (QED) is 0.487. The lowest BCUT2D eigenvalue weighted by molar-refractivity contribution is -0.886. The predicted octanol–water partition coefficient (Wildman–Crippen LogP) is 0.892. The van der Waals surface area contributed by atoms with Crippen LogP contribution in [0.3, 0.4) is 0 Å². The molecule has 176 valence electrons. The standard InChI is InChI=1S/C26H29N5O3/c1-2-30(22(32)18-29-15-13-21(14-16-29)20-11-7-4-8-12-20)23-24(27)31(26(34)28-25(23)33)17-19-9-5-3-6-10-19/h3-13H,2,14-18,27H2,1H3,(H,28,33,34)/p+1. The van der Waals surface area contributed by atoms with Gasteiger partial charge in [0.15, 0.2) is 12.2 Å². The van der Waals surface area contributed by atoms with Crippen LogP contribution in [-0.4, -0.2) is 41.6 Å². The zero-order valence-electron chi connectivity index (χ0n) is 19.3. The fraction of sp³-hybridized carbons (Fsp3) is 0.269. The molecule has 1 aliphatic heterocycles. The maximum Gasteiger partial charge on any atom is 0.330 e. The normalized spacial score (nSPS) is 15.6. The minimum atomic E-state index is -0.651. The number of nitrogens with zero attached hydrogens (tertiary/aromatic N) is 2. The van der Waals surface area contributed by atoms with Crippen molar-refractivity contribution in [3.05, 3.63) is 98.7 Å². The second kappa shape index (κ2) is 10.4. The Balaban J connectivity index is 1.53. The number of quaternary nitrogens is 1. The summed E-state index contributed by atoms with van der Waals surface area (Å²) in [6.45, 7) is 4.06. The number of benzene rings is 2. The Hall–Kier alpha value is -3.91. The highest BCUT2D eigenvalue weighted by atomic mass is 16.2. The second-order valence-electron chi connectivity index (χ2n) is 8.43. The SMILES string of the molecule is CCN(C(=O)C[NH+]1CC=C(c2ccccc2)CC1)c1c(N)n(Cc2ccccc2)c(=O)[nH]c1=O. The number of anilines is 2. The Bertz CT molecular complexity index is 1300. The van der Waals surface area contributed by atoms with E-state index in [1.807, 2.05) is 48.5 Å². The van der Waals surface area contributed by atoms with Gasteiger partial charge in [-0.05, 0) is 29.7 Å². The largest absolute Gasteiger partial charge is 0.383 e. The molecule has 0 saturated carbocycles. The zero-order chi connectivity index (χ0) is 24.1. The molecule has 8 nitrogen and oxygen atoms in total. The van der Waals surface area contributed by atoms with Gasteiger partial charge in [0, 0.05) is 13.0 Å². The predicted molar refractivity (Wildman–Crippen MR) is 134 cm³/mol. The highest BCUT2D eigenvalue weighted by Gasteiger charge is 2.27. The number of likely N-dealkylation sites (N-methyl/N-ethyl adjacent to an activating group) is 1. The summed E-state index contributed by atoms with van der Waals surface area (Å²) in [7, 11) is 0. The van der Waals surface area contributed by atoms with Gasteiger partial charge in [0.25, 0.3) is 11.5 Å². The summed E-state index contributed by atoms with van der Waals surface area (Å²) < 4.78 is 1.30. The van der Waals surface area contributed by atoms with Crippen LogP contribution in [0, 0.1) is 0 Å². The zero-order valence-corrected chi connectivity index (χ0v) is 19.3. The third-order valence-corrected chi connectivity index (χ3v) is 6.22. The van der Waals surface area contributed by atoms with Crippen molar-refractivity contribution < 1.29 is 9.69 Å². The minimum absolute atomic E-state index is 0.00675. The molecule has 1 amide bonds. The summed E-state index contributed by atoms with van der Waals surface area (Å²) in [4.78, 5) is 43.3. The smallest absolute Gasteiger partial charge is 0.330 e. The van der Waals surface area contributed by atoms with Crippen LogP contribution in [0.15, 0.2) is 76.3 Å². The second-order valence-corrected chi connectivity index (χ2v) is 8.43. The van der Waals surface area contributed by atoms with Crippen molar-refractivity contribution in [3.8, 4) is 0 Å². The summed E-state index contributed by atoms with van der Waals surface area (Å²) in [6.07, 6.45) is 3.06. The van der Waals surface area contributed by atoms with Crippen molar-refractivity contribution in [2.45, 2.75) is 19.9 Å². The number of amides is 1. The summed E-state index contributed by atoms with van der Waals surface area (Å²) >= 11 is 0. The number of hydrogen-bond acceptors (Lipinski definition) is 4. The van der Waals surface area contributed by atoms with Gasteiger partial charge in [0.05, 0.1) is 19.6 Å². The number of rotatable bonds is 7. The van der Waals surface area contributed by atoms with Crippen molar-refractivity contribution in [1.29, 1.82) is 0 Å². The molecule has 1 atom stereocenters. The Morgan fingerprint density at radius 1 is 1.09 bits per heavy atom. The van der Waals surface area contributed by atoms with Crippen LogP contribution in [-0.2, 0) is 11.3 Å². The molecule has 3 aromatic rings. The lowest BCUT2D eigenvalue weighted by Crippen LogP contribution is -3.13.